The van der Waals surface area contributed by atoms with Gasteiger partial charge in [-0.05, 0) is 19.3 Å². The van der Waals surface area contributed by atoms with Crippen LogP contribution in [0, 0.1) is 0 Å². The van der Waals surface area contributed by atoms with E-state index in [1.807, 2.05) is 0 Å². The lowest BCUT2D eigenvalue weighted by Crippen LogP contribution is -2.50. The van der Waals surface area contributed by atoms with Crippen molar-refractivity contribution in [1.82, 2.24) is 19.6 Å². The number of ether oxygens (including phenoxy) is 4. The molecule has 0 bridgehead atoms. The molecule has 0 N–H and O–H groups in total. The van der Waals surface area contributed by atoms with Crippen molar-refractivity contribution in [2.24, 2.45) is 0 Å². The van der Waals surface area contributed by atoms with Crippen LogP contribution in [0.25, 0.3) is 0 Å². The van der Waals surface area contributed by atoms with E-state index in [2.05, 4.69) is 40.4 Å². The lowest BCUT2D eigenvalue weighted by molar-refractivity contribution is -0.145. The fraction of sp³-hybridized carbons (Fsp3) is 0.938. The first-order valence-electron chi connectivity index (χ1n) is 32.7. The molecular formula is C64H124N4O8. The van der Waals surface area contributed by atoms with Crippen LogP contribution in [0.15, 0.2) is 0 Å². The number of hydrogen-bond donors (Lipinski definition) is 0. The van der Waals surface area contributed by atoms with Gasteiger partial charge in [0.15, 0.2) is 0 Å². The van der Waals surface area contributed by atoms with Gasteiger partial charge in [0, 0.05) is 78.5 Å². The van der Waals surface area contributed by atoms with Crippen LogP contribution < -0.4 is 0 Å². The van der Waals surface area contributed by atoms with Crippen molar-refractivity contribution < 1.29 is 38.1 Å². The van der Waals surface area contributed by atoms with Crippen LogP contribution in [0.3, 0.4) is 0 Å². The molecule has 0 saturated carbocycles. The minimum absolute atomic E-state index is 0.153. The van der Waals surface area contributed by atoms with Crippen LogP contribution in [0.2, 0.25) is 0 Å². The van der Waals surface area contributed by atoms with Gasteiger partial charge >= 0.3 is 23.9 Å². The molecule has 0 radical (unpaired) electrons. The summed E-state index contributed by atoms with van der Waals surface area (Å²) < 4.78 is 21.9. The third-order valence-electron chi connectivity index (χ3n) is 15.7. The van der Waals surface area contributed by atoms with Gasteiger partial charge in [-0.3, -0.25) is 29.0 Å². The van der Waals surface area contributed by atoms with Crippen molar-refractivity contribution in [2.75, 3.05) is 105 Å². The van der Waals surface area contributed by atoms with Crippen LogP contribution in [0.4, 0.5) is 0 Å². The van der Waals surface area contributed by atoms with Crippen molar-refractivity contribution >= 4 is 23.9 Å². The molecule has 1 rings (SSSR count). The molecule has 76 heavy (non-hydrogen) atoms. The zero-order valence-electron chi connectivity index (χ0n) is 50.7. The summed E-state index contributed by atoms with van der Waals surface area (Å²) >= 11 is 0. The quantitative estimate of drug-likeness (QED) is 0.0328. The van der Waals surface area contributed by atoms with Gasteiger partial charge < -0.3 is 28.7 Å². The van der Waals surface area contributed by atoms with E-state index in [1.54, 1.807) is 0 Å². The van der Waals surface area contributed by atoms with Gasteiger partial charge in [-0.25, -0.2) is 0 Å². The molecule has 448 valence electrons. The highest BCUT2D eigenvalue weighted by molar-refractivity contribution is 5.70. The largest absolute Gasteiger partial charge is 0.469 e. The first kappa shape index (κ1) is 71.7. The number of carbonyl (C=O) groups is 4. The van der Waals surface area contributed by atoms with E-state index in [-0.39, 0.29) is 23.9 Å². The number of piperazine rings is 1. The maximum absolute atomic E-state index is 12.9. The van der Waals surface area contributed by atoms with E-state index in [1.165, 1.54) is 206 Å². The topological polar surface area (TPSA) is 118 Å². The van der Waals surface area contributed by atoms with E-state index in [9.17, 15) is 19.2 Å². The van der Waals surface area contributed by atoms with Crippen molar-refractivity contribution in [3.8, 4) is 0 Å². The van der Waals surface area contributed by atoms with Crippen molar-refractivity contribution in [1.29, 1.82) is 0 Å². The summed E-state index contributed by atoms with van der Waals surface area (Å²) in [7, 11) is 1.42. The highest BCUT2D eigenvalue weighted by atomic mass is 16.5. The summed E-state index contributed by atoms with van der Waals surface area (Å²) in [6.07, 6.45) is 48.6. The molecule has 1 aliphatic heterocycles. The summed E-state index contributed by atoms with van der Waals surface area (Å²) in [4.78, 5) is 59.9. The van der Waals surface area contributed by atoms with E-state index in [0.717, 1.165) is 90.9 Å². The third-order valence-corrected chi connectivity index (χ3v) is 15.7. The molecule has 1 aliphatic rings. The Kier molecular flexibility index (Phi) is 52.9. The number of esters is 4. The Balaban J connectivity index is 2.48. The number of nitrogens with zero attached hydrogens (tertiary/aromatic N) is 4. The Bertz CT molecular complexity index is 1300. The molecule has 0 aromatic rings. The van der Waals surface area contributed by atoms with E-state index >= 15 is 0 Å². The predicted octanol–water partition coefficient (Wildman–Crippen LogP) is 15.1. The Morgan fingerprint density at radius 2 is 0.513 bits per heavy atom. The lowest BCUT2D eigenvalue weighted by atomic mass is 10.0. The van der Waals surface area contributed by atoms with Crippen molar-refractivity contribution in [3.05, 3.63) is 0 Å². The Hall–Kier alpha value is -2.28. The standard InChI is InChI=1S/C64H124N4O8/c1-5-8-11-14-17-20-23-26-29-32-35-38-41-60-76-64(72)45-49-66(48-44-63(71)75-59-40-37-34-31-28-25-22-19-16-13-10-7-3)51-53-68-56-54-67(55-57-68)52-50-65(46-42-61(69)73-4)47-43-62(70)74-58-39-36-33-30-27-24-21-18-15-12-9-6-2/h5-60H2,1-4H3. The van der Waals surface area contributed by atoms with E-state index in [4.69, 9.17) is 18.9 Å². The van der Waals surface area contributed by atoms with Crippen LogP contribution in [0.5, 0.6) is 0 Å². The summed E-state index contributed by atoms with van der Waals surface area (Å²) in [6, 6.07) is 0. The molecule has 12 nitrogen and oxygen atoms in total. The monoisotopic (exact) mass is 1080 g/mol. The number of hydrogen-bond acceptors (Lipinski definition) is 12. The first-order valence-corrected chi connectivity index (χ1v) is 32.7. The molecule has 0 atom stereocenters. The molecule has 0 spiro atoms. The van der Waals surface area contributed by atoms with E-state index < -0.39 is 0 Å². The Morgan fingerprint density at radius 3 is 0.737 bits per heavy atom. The summed E-state index contributed by atoms with van der Waals surface area (Å²) in [5.41, 5.74) is 0. The second kappa shape index (κ2) is 56.0. The second-order valence-electron chi connectivity index (χ2n) is 22.6. The van der Waals surface area contributed by atoms with Crippen LogP contribution in [-0.4, -0.2) is 149 Å². The van der Waals surface area contributed by atoms with Gasteiger partial charge in [0.1, 0.15) is 0 Å². The Labute approximate surface area is 469 Å². The van der Waals surface area contributed by atoms with Gasteiger partial charge in [0.2, 0.25) is 0 Å². The normalized spacial score (nSPS) is 13.2. The third kappa shape index (κ3) is 48.8. The summed E-state index contributed by atoms with van der Waals surface area (Å²) in [5.74, 6) is -0.711. The molecule has 0 aliphatic carbocycles. The predicted molar refractivity (Wildman–Crippen MR) is 317 cm³/mol. The fourth-order valence-corrected chi connectivity index (χ4v) is 10.4. The van der Waals surface area contributed by atoms with Crippen molar-refractivity contribution in [3.63, 3.8) is 0 Å². The first-order chi connectivity index (χ1) is 37.3. The fourth-order valence-electron chi connectivity index (χ4n) is 10.4. The number of methoxy groups -OCH3 is 1. The smallest absolute Gasteiger partial charge is 0.307 e. The molecule has 1 fully saturated rings. The number of rotatable bonds is 58. The van der Waals surface area contributed by atoms with Crippen LogP contribution >= 0.6 is 0 Å². The van der Waals surface area contributed by atoms with Gasteiger partial charge in [0.05, 0.1) is 52.6 Å². The minimum atomic E-state index is -0.240. The van der Waals surface area contributed by atoms with Gasteiger partial charge in [-0.15, -0.1) is 0 Å². The SMILES string of the molecule is CCCCCCCCCCCCCCCOC(=O)CCN(CCC(=O)OCCCCCCCCCCCCCC)CCN1CCN(CCN(CCC(=O)OC)CCC(=O)OCCCCCCCCCCCCCC)CC1. The van der Waals surface area contributed by atoms with Crippen LogP contribution in [-0.2, 0) is 38.1 Å². The van der Waals surface area contributed by atoms with Gasteiger partial charge in [-0.1, -0.05) is 239 Å². The molecule has 0 unspecified atom stereocenters. The summed E-state index contributed by atoms with van der Waals surface area (Å²) in [5, 5.41) is 0. The molecule has 0 amide bonds. The zero-order chi connectivity index (χ0) is 55.0. The second-order valence-corrected chi connectivity index (χ2v) is 22.6. The molecule has 1 heterocycles. The molecule has 1 saturated heterocycles. The summed E-state index contributed by atoms with van der Waals surface area (Å²) in [6.45, 7) is 17.5. The van der Waals surface area contributed by atoms with Crippen molar-refractivity contribution in [2.45, 2.75) is 284 Å². The molecule has 12 heteroatoms. The molecule has 0 aromatic carbocycles. The van der Waals surface area contributed by atoms with E-state index in [0.29, 0.717) is 71.7 Å². The van der Waals surface area contributed by atoms with Gasteiger partial charge in [-0.2, -0.15) is 0 Å². The molecule has 0 aromatic heterocycles. The maximum atomic E-state index is 12.9. The Morgan fingerprint density at radius 1 is 0.303 bits per heavy atom. The lowest BCUT2D eigenvalue weighted by Gasteiger charge is -2.36. The highest BCUT2D eigenvalue weighted by Gasteiger charge is 2.20. The van der Waals surface area contributed by atoms with Gasteiger partial charge in [0.25, 0.3) is 0 Å². The minimum Gasteiger partial charge on any atom is -0.469 e. The van der Waals surface area contributed by atoms with Crippen LogP contribution in [0.1, 0.15) is 284 Å². The number of unbranched alkanes of at least 4 members (excludes halogenated alkanes) is 34. The zero-order valence-corrected chi connectivity index (χ0v) is 50.7. The number of carbonyl (C=O) groups excluding carboxylic acids is 4. The maximum Gasteiger partial charge on any atom is 0.307 e. The average Bonchev–Trinajstić information content (AvgIpc) is 3.43. The molecular weight excluding hydrogens is 953 g/mol. The highest BCUT2D eigenvalue weighted by Crippen LogP contribution is 2.16. The average molecular weight is 1080 g/mol.